The minimum Gasteiger partial charge on any atom is -0.490 e. The molecule has 3 aromatic rings. The summed E-state index contributed by atoms with van der Waals surface area (Å²) in [7, 11) is 0. The summed E-state index contributed by atoms with van der Waals surface area (Å²) in [4.78, 5) is 23.7. The molecule has 8 heteroatoms. The first-order valence-corrected chi connectivity index (χ1v) is 10.6. The van der Waals surface area contributed by atoms with Crippen LogP contribution in [0.3, 0.4) is 0 Å². The summed E-state index contributed by atoms with van der Waals surface area (Å²) in [6, 6.07) is 7.32. The van der Waals surface area contributed by atoms with Crippen LogP contribution in [-0.2, 0) is 0 Å². The summed E-state index contributed by atoms with van der Waals surface area (Å²) in [5, 5.41) is 0. The zero-order valence-electron chi connectivity index (χ0n) is 17.1. The number of halogens is 1. The van der Waals surface area contributed by atoms with Crippen molar-refractivity contribution >= 4 is 11.6 Å². The number of hydrogen-bond acceptors (Lipinski definition) is 6. The molecule has 2 aromatic heterocycles. The molecule has 7 nitrogen and oxygen atoms in total. The maximum atomic E-state index is 14.1. The second kappa shape index (κ2) is 8.02. The van der Waals surface area contributed by atoms with Crippen molar-refractivity contribution in [2.45, 2.75) is 37.7 Å². The molecule has 1 saturated carbocycles. The Bertz CT molecular complexity index is 1140. The van der Waals surface area contributed by atoms with Crippen LogP contribution in [0.25, 0.3) is 5.69 Å². The summed E-state index contributed by atoms with van der Waals surface area (Å²) >= 11 is 0. The van der Waals surface area contributed by atoms with Crippen molar-refractivity contribution in [2.24, 2.45) is 0 Å². The first kappa shape index (κ1) is 19.5. The van der Waals surface area contributed by atoms with E-state index in [-0.39, 0.29) is 17.4 Å². The molecule has 0 radical (unpaired) electrons. The monoisotopic (exact) mass is 421 g/mol. The molecule has 5 rings (SSSR count). The van der Waals surface area contributed by atoms with E-state index < -0.39 is 5.82 Å². The second-order valence-corrected chi connectivity index (χ2v) is 8.18. The molecule has 2 N–H and O–H groups in total. The number of pyridine rings is 1. The quantitative estimate of drug-likeness (QED) is 0.637. The van der Waals surface area contributed by atoms with Crippen molar-refractivity contribution in [1.29, 1.82) is 0 Å². The Morgan fingerprint density at radius 2 is 1.77 bits per heavy atom. The third-order valence-corrected chi connectivity index (χ3v) is 5.86. The smallest absolute Gasteiger partial charge is 0.258 e. The summed E-state index contributed by atoms with van der Waals surface area (Å²) < 4.78 is 21.4. The van der Waals surface area contributed by atoms with Crippen molar-refractivity contribution < 1.29 is 9.13 Å². The zero-order chi connectivity index (χ0) is 21.4. The molecule has 0 amide bonds. The van der Waals surface area contributed by atoms with E-state index in [4.69, 9.17) is 10.5 Å². The number of nitrogens with two attached hydrogens (primary N) is 1. The number of benzene rings is 1. The molecular formula is C23H24FN5O2. The van der Waals surface area contributed by atoms with Crippen LogP contribution in [0.5, 0.6) is 5.75 Å². The number of anilines is 2. The molecule has 0 atom stereocenters. The number of nitrogen functional groups attached to an aromatic ring is 1. The van der Waals surface area contributed by atoms with Gasteiger partial charge in [0.2, 0.25) is 5.95 Å². The van der Waals surface area contributed by atoms with Gasteiger partial charge in [-0.25, -0.2) is 14.4 Å². The molecule has 160 valence electrons. The molecule has 0 bridgehead atoms. The van der Waals surface area contributed by atoms with Crippen LogP contribution >= 0.6 is 0 Å². The van der Waals surface area contributed by atoms with Gasteiger partial charge in [0.25, 0.3) is 5.56 Å². The van der Waals surface area contributed by atoms with Gasteiger partial charge in [0.1, 0.15) is 17.7 Å². The molecule has 0 spiro atoms. The number of rotatable bonds is 5. The van der Waals surface area contributed by atoms with Crippen LogP contribution < -0.4 is 20.9 Å². The van der Waals surface area contributed by atoms with Gasteiger partial charge in [-0.3, -0.25) is 9.36 Å². The fraction of sp³-hybridized carbons (Fsp3) is 0.348. The Kier molecular flexibility index (Phi) is 5.05. The summed E-state index contributed by atoms with van der Waals surface area (Å²) in [6.45, 7) is 1.59. The van der Waals surface area contributed by atoms with Gasteiger partial charge in [0.15, 0.2) is 0 Å². The molecule has 1 saturated heterocycles. The lowest BCUT2D eigenvalue weighted by Crippen LogP contribution is -2.39. The summed E-state index contributed by atoms with van der Waals surface area (Å²) in [5.74, 6) is 1.35. The number of aromatic nitrogens is 3. The largest absolute Gasteiger partial charge is 0.490 e. The van der Waals surface area contributed by atoms with Gasteiger partial charge in [-0.2, -0.15) is 0 Å². The number of hydrogen-bond donors (Lipinski definition) is 1. The average molecular weight is 421 g/mol. The zero-order valence-corrected chi connectivity index (χ0v) is 17.1. The van der Waals surface area contributed by atoms with Gasteiger partial charge >= 0.3 is 0 Å². The van der Waals surface area contributed by atoms with E-state index in [1.807, 2.05) is 12.4 Å². The molecule has 2 fully saturated rings. The van der Waals surface area contributed by atoms with Gasteiger partial charge in [0.05, 0.1) is 5.69 Å². The molecule has 3 heterocycles. The van der Waals surface area contributed by atoms with E-state index >= 15 is 0 Å². The number of ether oxygens (including phenoxy) is 1. The highest BCUT2D eigenvalue weighted by molar-refractivity contribution is 5.46. The Morgan fingerprint density at radius 1 is 1.03 bits per heavy atom. The van der Waals surface area contributed by atoms with Crippen molar-refractivity contribution in [3.8, 4) is 11.4 Å². The van der Waals surface area contributed by atoms with E-state index in [1.54, 1.807) is 12.1 Å². The van der Waals surface area contributed by atoms with Gasteiger partial charge < -0.3 is 15.4 Å². The predicted octanol–water partition coefficient (Wildman–Crippen LogP) is 3.27. The van der Waals surface area contributed by atoms with Crippen LogP contribution in [0.15, 0.2) is 53.7 Å². The fourth-order valence-electron chi connectivity index (χ4n) is 3.94. The Morgan fingerprint density at radius 3 is 2.42 bits per heavy atom. The Hall–Kier alpha value is -3.42. The topological polar surface area (TPSA) is 86.3 Å². The standard InChI is InChI=1S/C23H24FN5O2/c24-20-11-17(25)3-4-21(20)29-10-7-19(12-22(29)30)31-18-5-8-28(9-6-18)23-26-13-16(14-27-23)15-1-2-15/h3-4,7,10-15,18H,1-2,5-6,8-9,25H2. The average Bonchev–Trinajstić information content (AvgIpc) is 3.61. The van der Waals surface area contributed by atoms with Crippen LogP contribution in [0, 0.1) is 5.82 Å². The minimum atomic E-state index is -0.546. The van der Waals surface area contributed by atoms with Gasteiger partial charge in [-0.05, 0) is 48.6 Å². The van der Waals surface area contributed by atoms with Crippen molar-refractivity contribution in [1.82, 2.24) is 14.5 Å². The second-order valence-electron chi connectivity index (χ2n) is 8.18. The normalized spacial score (nSPS) is 17.0. The van der Waals surface area contributed by atoms with Crippen LogP contribution in [-0.4, -0.2) is 33.7 Å². The van der Waals surface area contributed by atoms with Crippen LogP contribution in [0.2, 0.25) is 0 Å². The third-order valence-electron chi connectivity index (χ3n) is 5.86. The lowest BCUT2D eigenvalue weighted by atomic mass is 10.1. The maximum Gasteiger partial charge on any atom is 0.258 e. The summed E-state index contributed by atoms with van der Waals surface area (Å²) in [5.41, 5.74) is 6.92. The Labute approximate surface area is 179 Å². The third kappa shape index (κ3) is 4.23. The molecule has 1 aromatic carbocycles. The van der Waals surface area contributed by atoms with E-state index in [9.17, 15) is 9.18 Å². The highest BCUT2D eigenvalue weighted by Gasteiger charge is 2.26. The lowest BCUT2D eigenvalue weighted by molar-refractivity contribution is 0.170. The van der Waals surface area contributed by atoms with E-state index in [0.717, 1.165) is 31.9 Å². The van der Waals surface area contributed by atoms with Crippen molar-refractivity contribution in [3.05, 3.63) is 70.7 Å². The van der Waals surface area contributed by atoms with E-state index in [1.165, 1.54) is 47.4 Å². The van der Waals surface area contributed by atoms with Crippen molar-refractivity contribution in [3.63, 3.8) is 0 Å². The molecule has 2 aliphatic rings. The fourth-order valence-corrected chi connectivity index (χ4v) is 3.94. The Balaban J connectivity index is 1.21. The van der Waals surface area contributed by atoms with Crippen LogP contribution in [0.1, 0.15) is 37.2 Å². The maximum absolute atomic E-state index is 14.1. The lowest BCUT2D eigenvalue weighted by Gasteiger charge is -2.32. The predicted molar refractivity (Wildman–Crippen MR) is 116 cm³/mol. The van der Waals surface area contributed by atoms with Gasteiger partial charge in [-0.1, -0.05) is 0 Å². The van der Waals surface area contributed by atoms with Gasteiger partial charge in [0, 0.05) is 56.3 Å². The van der Waals surface area contributed by atoms with Crippen molar-refractivity contribution in [2.75, 3.05) is 23.7 Å². The SMILES string of the molecule is Nc1ccc(-n2ccc(OC3CCN(c4ncc(C5CC5)cn4)CC3)cc2=O)c(F)c1. The molecule has 1 aliphatic carbocycles. The number of piperidine rings is 1. The molecule has 1 aliphatic heterocycles. The van der Waals surface area contributed by atoms with E-state index in [2.05, 4.69) is 14.9 Å². The first-order valence-electron chi connectivity index (χ1n) is 10.6. The van der Waals surface area contributed by atoms with Crippen LogP contribution in [0.4, 0.5) is 16.0 Å². The molecule has 31 heavy (non-hydrogen) atoms. The molecular weight excluding hydrogens is 397 g/mol. The van der Waals surface area contributed by atoms with E-state index in [0.29, 0.717) is 17.4 Å². The first-order chi connectivity index (χ1) is 15.1. The number of nitrogens with zero attached hydrogens (tertiary/aromatic N) is 4. The highest BCUT2D eigenvalue weighted by atomic mass is 19.1. The van der Waals surface area contributed by atoms with Gasteiger partial charge in [-0.15, -0.1) is 0 Å². The molecule has 0 unspecified atom stereocenters. The summed E-state index contributed by atoms with van der Waals surface area (Å²) in [6.07, 6.45) is 9.52. The minimum absolute atomic E-state index is 0.00509. The highest BCUT2D eigenvalue weighted by Crippen LogP contribution is 2.39.